The molecule has 0 spiro atoms. The van der Waals surface area contributed by atoms with Gasteiger partial charge in [-0.15, -0.1) is 0 Å². The SMILES string of the molecule is COc1ccc(C2(c3ccc(Oc4ccc(S(=O)(=O)c5ccc(C)cc5)cc4)cc3)CC(=O)c3ccccc32)cc1. The third kappa shape index (κ3) is 4.70. The molecule has 1 unspecified atom stereocenters. The number of Topliss-reactive ketones (excluding diaryl/α,β-unsaturated/α-hetero) is 1. The fraction of sp³-hybridized carbons (Fsp3) is 0.114. The van der Waals surface area contributed by atoms with Crippen molar-refractivity contribution in [3.05, 3.63) is 149 Å². The maximum Gasteiger partial charge on any atom is 0.206 e. The van der Waals surface area contributed by atoms with Gasteiger partial charge in [0.25, 0.3) is 0 Å². The second-order valence-electron chi connectivity index (χ2n) is 10.2. The first kappa shape index (κ1) is 26.5. The van der Waals surface area contributed by atoms with Crippen molar-refractivity contribution in [2.24, 2.45) is 0 Å². The Morgan fingerprint density at radius 3 is 1.68 bits per heavy atom. The molecule has 0 heterocycles. The summed E-state index contributed by atoms with van der Waals surface area (Å²) in [6.07, 6.45) is 0.329. The van der Waals surface area contributed by atoms with Gasteiger partial charge in [0, 0.05) is 12.0 Å². The van der Waals surface area contributed by atoms with Crippen molar-refractivity contribution >= 4 is 15.6 Å². The van der Waals surface area contributed by atoms with Crippen LogP contribution >= 0.6 is 0 Å². The minimum Gasteiger partial charge on any atom is -0.497 e. The number of benzene rings is 5. The van der Waals surface area contributed by atoms with Crippen molar-refractivity contribution in [3.63, 3.8) is 0 Å². The van der Waals surface area contributed by atoms with Crippen molar-refractivity contribution in [3.8, 4) is 17.2 Å². The predicted molar refractivity (Wildman–Crippen MR) is 158 cm³/mol. The first-order valence-electron chi connectivity index (χ1n) is 13.3. The number of carbonyl (C=O) groups is 1. The van der Waals surface area contributed by atoms with Gasteiger partial charge in [-0.05, 0) is 84.3 Å². The lowest BCUT2D eigenvalue weighted by Crippen LogP contribution is -2.27. The summed E-state index contributed by atoms with van der Waals surface area (Å²) in [4.78, 5) is 13.6. The van der Waals surface area contributed by atoms with E-state index in [1.807, 2.05) is 79.7 Å². The van der Waals surface area contributed by atoms with Crippen LogP contribution in [0.25, 0.3) is 0 Å². The minimum absolute atomic E-state index is 0.109. The molecule has 5 nitrogen and oxygen atoms in total. The average Bonchev–Trinajstić information content (AvgIpc) is 3.31. The van der Waals surface area contributed by atoms with Crippen LogP contribution in [0.15, 0.2) is 131 Å². The van der Waals surface area contributed by atoms with Crippen molar-refractivity contribution in [1.29, 1.82) is 0 Å². The Hall–Kier alpha value is -4.68. The second-order valence-corrected chi connectivity index (χ2v) is 12.1. The van der Waals surface area contributed by atoms with Crippen molar-refractivity contribution < 1.29 is 22.7 Å². The normalized spacial score (nSPS) is 16.3. The summed E-state index contributed by atoms with van der Waals surface area (Å²) in [5.74, 6) is 1.98. The van der Waals surface area contributed by atoms with Crippen LogP contribution in [0.1, 0.15) is 39.0 Å². The number of methoxy groups -OCH3 is 1. The molecule has 5 aromatic rings. The number of sulfone groups is 1. The topological polar surface area (TPSA) is 69.7 Å². The number of rotatable bonds is 7. The zero-order chi connectivity index (χ0) is 28.6. The van der Waals surface area contributed by atoms with Gasteiger partial charge in [0.05, 0.1) is 22.3 Å². The lowest BCUT2D eigenvalue weighted by Gasteiger charge is -2.31. The Balaban J connectivity index is 1.29. The van der Waals surface area contributed by atoms with Gasteiger partial charge >= 0.3 is 0 Å². The first-order valence-corrected chi connectivity index (χ1v) is 14.8. The fourth-order valence-corrected chi connectivity index (χ4v) is 6.83. The van der Waals surface area contributed by atoms with Gasteiger partial charge in [0.2, 0.25) is 9.84 Å². The molecule has 0 aromatic heterocycles. The van der Waals surface area contributed by atoms with Gasteiger partial charge < -0.3 is 9.47 Å². The molecule has 6 rings (SSSR count). The lowest BCUT2D eigenvalue weighted by atomic mass is 9.70. The van der Waals surface area contributed by atoms with Crippen LogP contribution < -0.4 is 9.47 Å². The van der Waals surface area contributed by atoms with E-state index in [0.29, 0.717) is 17.9 Å². The molecule has 41 heavy (non-hydrogen) atoms. The fourth-order valence-electron chi connectivity index (χ4n) is 5.57. The van der Waals surface area contributed by atoms with Crippen molar-refractivity contribution in [1.82, 2.24) is 0 Å². The van der Waals surface area contributed by atoms with Gasteiger partial charge in [-0.2, -0.15) is 0 Å². The number of hydrogen-bond acceptors (Lipinski definition) is 5. The van der Waals surface area contributed by atoms with Crippen LogP contribution in [0, 0.1) is 6.92 Å². The molecule has 1 aliphatic carbocycles. The largest absolute Gasteiger partial charge is 0.497 e. The summed E-state index contributed by atoms with van der Waals surface area (Å²) in [5, 5.41) is 0. The van der Waals surface area contributed by atoms with Crippen LogP contribution in [0.5, 0.6) is 17.2 Å². The Kier molecular flexibility index (Phi) is 6.72. The highest BCUT2D eigenvalue weighted by atomic mass is 32.2. The van der Waals surface area contributed by atoms with Crippen LogP contribution in [-0.4, -0.2) is 21.3 Å². The van der Waals surface area contributed by atoms with Crippen molar-refractivity contribution in [2.45, 2.75) is 28.6 Å². The number of fused-ring (bicyclic) bond motifs is 1. The molecule has 5 aromatic carbocycles. The molecule has 1 atom stereocenters. The van der Waals surface area contributed by atoms with E-state index < -0.39 is 15.3 Å². The Bertz CT molecular complexity index is 1820. The number of hydrogen-bond donors (Lipinski definition) is 0. The maximum atomic E-state index is 13.2. The van der Waals surface area contributed by atoms with E-state index in [4.69, 9.17) is 9.47 Å². The van der Waals surface area contributed by atoms with E-state index >= 15 is 0 Å². The van der Waals surface area contributed by atoms with Crippen LogP contribution in [0.4, 0.5) is 0 Å². The van der Waals surface area contributed by atoms with Gasteiger partial charge in [-0.3, -0.25) is 4.79 Å². The third-order valence-electron chi connectivity index (χ3n) is 7.74. The van der Waals surface area contributed by atoms with Gasteiger partial charge in [0.15, 0.2) is 5.78 Å². The first-order chi connectivity index (χ1) is 19.8. The minimum atomic E-state index is -3.62. The number of ketones is 1. The van der Waals surface area contributed by atoms with E-state index in [2.05, 4.69) is 0 Å². The molecule has 0 aliphatic heterocycles. The molecule has 0 fully saturated rings. The molecule has 6 heteroatoms. The monoisotopic (exact) mass is 560 g/mol. The van der Waals surface area contributed by atoms with Crippen LogP contribution in [-0.2, 0) is 15.3 Å². The molecule has 0 bridgehead atoms. The van der Waals surface area contributed by atoms with E-state index in [1.54, 1.807) is 55.6 Å². The summed E-state index contributed by atoms with van der Waals surface area (Å²) >= 11 is 0. The molecule has 0 N–H and O–H groups in total. The Labute approximate surface area is 239 Å². The van der Waals surface area contributed by atoms with Gasteiger partial charge in [0.1, 0.15) is 17.2 Å². The summed E-state index contributed by atoms with van der Waals surface area (Å²) in [5.41, 5.74) is 4.07. The van der Waals surface area contributed by atoms with Crippen LogP contribution in [0.2, 0.25) is 0 Å². The molecular weight excluding hydrogens is 532 g/mol. The molecule has 0 saturated heterocycles. The molecule has 0 amide bonds. The highest BCUT2D eigenvalue weighted by molar-refractivity contribution is 7.91. The van der Waals surface area contributed by atoms with Crippen molar-refractivity contribution in [2.75, 3.05) is 7.11 Å². The summed E-state index contributed by atoms with van der Waals surface area (Å²) in [6, 6.07) is 36.6. The van der Waals surface area contributed by atoms with Crippen LogP contribution in [0.3, 0.4) is 0 Å². The predicted octanol–water partition coefficient (Wildman–Crippen LogP) is 7.55. The molecule has 1 aliphatic rings. The van der Waals surface area contributed by atoms with E-state index in [1.165, 1.54) is 0 Å². The highest BCUT2D eigenvalue weighted by Gasteiger charge is 2.45. The molecular formula is C35H28O5S. The maximum absolute atomic E-state index is 13.2. The second kappa shape index (κ2) is 10.4. The lowest BCUT2D eigenvalue weighted by molar-refractivity contribution is 0.0984. The standard InChI is InChI=1S/C35H28O5S/c1-24-7-19-30(20-8-24)41(37,38)31-21-17-29(18-22-31)40-28-15-11-26(12-16-28)35(25-9-13-27(39-2)14-10-25)23-34(36)32-5-3-4-6-33(32)35/h3-22H,23H2,1-2H3. The summed E-state index contributed by atoms with van der Waals surface area (Å²) < 4.78 is 37.4. The summed E-state index contributed by atoms with van der Waals surface area (Å²) in [6.45, 7) is 1.92. The zero-order valence-corrected chi connectivity index (χ0v) is 23.5. The molecule has 0 saturated carbocycles. The van der Waals surface area contributed by atoms with E-state index in [9.17, 15) is 13.2 Å². The number of ether oxygens (including phenoxy) is 2. The average molecular weight is 561 g/mol. The summed E-state index contributed by atoms with van der Waals surface area (Å²) in [7, 11) is -1.98. The smallest absolute Gasteiger partial charge is 0.206 e. The quantitative estimate of drug-likeness (QED) is 0.206. The van der Waals surface area contributed by atoms with Gasteiger partial charge in [-0.25, -0.2) is 8.42 Å². The molecule has 0 radical (unpaired) electrons. The zero-order valence-electron chi connectivity index (χ0n) is 22.7. The Morgan fingerprint density at radius 1 is 0.634 bits per heavy atom. The number of carbonyl (C=O) groups excluding carboxylic acids is 1. The molecule has 204 valence electrons. The third-order valence-corrected chi connectivity index (χ3v) is 9.53. The Morgan fingerprint density at radius 2 is 1.12 bits per heavy atom. The van der Waals surface area contributed by atoms with E-state index in [-0.39, 0.29) is 15.6 Å². The van der Waals surface area contributed by atoms with E-state index in [0.717, 1.165) is 33.6 Å². The van der Waals surface area contributed by atoms with Gasteiger partial charge in [-0.1, -0.05) is 66.2 Å². The number of aryl methyl sites for hydroxylation is 1. The highest BCUT2D eigenvalue weighted by Crippen LogP contribution is 2.49.